The Kier molecular flexibility index (Phi) is 5.28. The van der Waals surface area contributed by atoms with Gasteiger partial charge in [-0.1, -0.05) is 36.3 Å². The molecule has 156 valence electrons. The largest absolute Gasteiger partial charge is 0.356 e. The van der Waals surface area contributed by atoms with E-state index in [1.165, 1.54) is 0 Å². The maximum absolute atomic E-state index is 12.1. The van der Waals surface area contributed by atoms with Crippen molar-refractivity contribution in [2.75, 3.05) is 19.0 Å². The maximum atomic E-state index is 12.1. The summed E-state index contributed by atoms with van der Waals surface area (Å²) in [4.78, 5) is 23.2. The summed E-state index contributed by atoms with van der Waals surface area (Å²) in [5.74, 6) is 2.15. The van der Waals surface area contributed by atoms with E-state index in [1.807, 2.05) is 57.1 Å². The molecule has 3 aromatic rings. The number of nitrogens with one attached hydrogen (secondary N) is 1. The minimum Gasteiger partial charge on any atom is -0.356 e. The van der Waals surface area contributed by atoms with Crippen LogP contribution in [0.15, 0.2) is 35.0 Å². The van der Waals surface area contributed by atoms with Gasteiger partial charge in [0.05, 0.1) is 17.0 Å². The Bertz CT molecular complexity index is 1070. The van der Waals surface area contributed by atoms with Crippen LogP contribution < -0.4 is 10.2 Å². The van der Waals surface area contributed by atoms with Gasteiger partial charge in [0.2, 0.25) is 11.9 Å². The van der Waals surface area contributed by atoms with Crippen LogP contribution in [0.5, 0.6) is 0 Å². The van der Waals surface area contributed by atoms with Crippen molar-refractivity contribution in [3.8, 4) is 22.6 Å². The van der Waals surface area contributed by atoms with Gasteiger partial charge in [-0.3, -0.25) is 4.79 Å². The van der Waals surface area contributed by atoms with Gasteiger partial charge in [0.15, 0.2) is 5.76 Å². The molecule has 2 heterocycles. The molecule has 4 rings (SSSR count). The molecule has 1 fully saturated rings. The first kappa shape index (κ1) is 20.1. The molecule has 30 heavy (non-hydrogen) atoms. The summed E-state index contributed by atoms with van der Waals surface area (Å²) < 4.78 is 5.58. The molecule has 0 unspecified atom stereocenters. The molecule has 0 saturated heterocycles. The number of carbonyl (C=O) groups excluding carboxylic acids is 1. The predicted octanol–water partition coefficient (Wildman–Crippen LogP) is 3.75. The zero-order valence-electron chi connectivity index (χ0n) is 18.1. The molecule has 7 heteroatoms. The lowest BCUT2D eigenvalue weighted by Crippen LogP contribution is -2.24. The van der Waals surface area contributed by atoms with Crippen molar-refractivity contribution >= 4 is 11.9 Å². The van der Waals surface area contributed by atoms with E-state index in [2.05, 4.69) is 22.4 Å². The van der Waals surface area contributed by atoms with Crippen molar-refractivity contribution in [1.82, 2.24) is 20.4 Å². The third-order valence-electron chi connectivity index (χ3n) is 5.72. The number of nitrogens with zero attached hydrogens (tertiary/aromatic N) is 4. The second kappa shape index (κ2) is 7.89. The lowest BCUT2D eigenvalue weighted by atomic mass is 10.0. The molecule has 1 saturated carbocycles. The number of anilines is 1. The highest BCUT2D eigenvalue weighted by Gasteiger charge is 2.38. The van der Waals surface area contributed by atoms with Crippen LogP contribution in [-0.4, -0.2) is 35.1 Å². The van der Waals surface area contributed by atoms with Crippen LogP contribution in [0.3, 0.4) is 0 Å². The van der Waals surface area contributed by atoms with Crippen molar-refractivity contribution in [2.45, 2.75) is 33.7 Å². The number of carbonyl (C=O) groups is 1. The zero-order chi connectivity index (χ0) is 21.4. The number of aryl methyl sites for hydroxylation is 1. The molecular weight excluding hydrogens is 378 g/mol. The van der Waals surface area contributed by atoms with E-state index >= 15 is 0 Å². The fourth-order valence-electron chi connectivity index (χ4n) is 3.43. The van der Waals surface area contributed by atoms with Crippen molar-refractivity contribution < 1.29 is 9.32 Å². The molecule has 1 aromatic carbocycles. The summed E-state index contributed by atoms with van der Waals surface area (Å²) >= 11 is 0. The predicted molar refractivity (Wildman–Crippen MR) is 116 cm³/mol. The van der Waals surface area contributed by atoms with E-state index in [0.29, 0.717) is 24.2 Å². The van der Waals surface area contributed by atoms with Crippen LogP contribution in [0.4, 0.5) is 5.95 Å². The number of hydrogen-bond acceptors (Lipinski definition) is 6. The lowest BCUT2D eigenvalue weighted by Gasteiger charge is -2.14. The first-order valence-corrected chi connectivity index (χ1v) is 10.2. The Hall–Kier alpha value is -3.22. The molecule has 0 bridgehead atoms. The Labute approximate surface area is 176 Å². The molecule has 0 aliphatic heterocycles. The quantitative estimate of drug-likeness (QED) is 0.672. The number of hydrogen-bond donors (Lipinski definition) is 1. The minimum atomic E-state index is 0.149. The molecule has 1 N–H and O–H groups in total. The zero-order valence-corrected chi connectivity index (χ0v) is 18.1. The first-order valence-electron chi connectivity index (χ1n) is 10.2. The fraction of sp³-hybridized carbons (Fsp3) is 0.391. The summed E-state index contributed by atoms with van der Waals surface area (Å²) in [5.41, 5.74) is 5.43. The SMILES string of the molecule is Cc1noc(-c2cnc(N(C)C)nc2-c2ccc(CNC(=O)[C@H]3C[C@H]3C)cc2)c1C. The van der Waals surface area contributed by atoms with E-state index in [-0.39, 0.29) is 11.8 Å². The van der Waals surface area contributed by atoms with Gasteiger partial charge in [-0.05, 0) is 31.7 Å². The summed E-state index contributed by atoms with van der Waals surface area (Å²) in [7, 11) is 3.82. The van der Waals surface area contributed by atoms with Crippen molar-refractivity contribution in [1.29, 1.82) is 0 Å². The number of benzene rings is 1. The maximum Gasteiger partial charge on any atom is 0.225 e. The van der Waals surface area contributed by atoms with Gasteiger partial charge >= 0.3 is 0 Å². The minimum absolute atomic E-state index is 0.149. The average Bonchev–Trinajstić information content (AvgIpc) is 3.39. The molecule has 2 atom stereocenters. The van der Waals surface area contributed by atoms with Crippen LogP contribution in [-0.2, 0) is 11.3 Å². The van der Waals surface area contributed by atoms with Gasteiger partial charge in [-0.2, -0.15) is 0 Å². The molecule has 1 aliphatic carbocycles. The number of rotatable bonds is 6. The van der Waals surface area contributed by atoms with Crippen LogP contribution >= 0.6 is 0 Å². The Morgan fingerprint density at radius 1 is 1.23 bits per heavy atom. The van der Waals surface area contributed by atoms with Crippen LogP contribution in [0, 0.1) is 25.7 Å². The van der Waals surface area contributed by atoms with Crippen LogP contribution in [0.1, 0.15) is 30.2 Å². The molecule has 1 amide bonds. The van der Waals surface area contributed by atoms with Crippen molar-refractivity contribution in [3.63, 3.8) is 0 Å². The van der Waals surface area contributed by atoms with Gasteiger partial charge in [0, 0.05) is 43.9 Å². The van der Waals surface area contributed by atoms with E-state index in [0.717, 1.165) is 40.1 Å². The molecule has 1 aliphatic rings. The molecule has 7 nitrogen and oxygen atoms in total. The Morgan fingerprint density at radius 3 is 2.50 bits per heavy atom. The third-order valence-corrected chi connectivity index (χ3v) is 5.72. The second-order valence-corrected chi connectivity index (χ2v) is 8.28. The number of aromatic nitrogens is 3. The van der Waals surface area contributed by atoms with Gasteiger partial charge in [-0.25, -0.2) is 9.97 Å². The highest BCUT2D eigenvalue weighted by Crippen LogP contribution is 2.38. The summed E-state index contributed by atoms with van der Waals surface area (Å²) in [6, 6.07) is 8.08. The summed E-state index contributed by atoms with van der Waals surface area (Å²) in [5, 5.41) is 7.11. The Balaban J connectivity index is 1.62. The molecular formula is C23H27N5O2. The molecule has 0 radical (unpaired) electrons. The van der Waals surface area contributed by atoms with Crippen molar-refractivity contribution in [3.05, 3.63) is 47.3 Å². The van der Waals surface area contributed by atoms with E-state index < -0.39 is 0 Å². The Morgan fingerprint density at radius 2 is 1.93 bits per heavy atom. The molecule has 0 spiro atoms. The van der Waals surface area contributed by atoms with Crippen molar-refractivity contribution in [2.24, 2.45) is 11.8 Å². The smallest absolute Gasteiger partial charge is 0.225 e. The summed E-state index contributed by atoms with van der Waals surface area (Å²) in [6.45, 7) is 6.54. The highest BCUT2D eigenvalue weighted by molar-refractivity contribution is 5.82. The first-order chi connectivity index (χ1) is 14.3. The second-order valence-electron chi connectivity index (χ2n) is 8.28. The number of amides is 1. The van der Waals surface area contributed by atoms with Gasteiger partial charge in [0.1, 0.15) is 0 Å². The third kappa shape index (κ3) is 3.92. The molecule has 2 aromatic heterocycles. The van der Waals surface area contributed by atoms with E-state index in [9.17, 15) is 4.79 Å². The topological polar surface area (TPSA) is 84.2 Å². The monoisotopic (exact) mass is 405 g/mol. The fourth-order valence-corrected chi connectivity index (χ4v) is 3.43. The lowest BCUT2D eigenvalue weighted by molar-refractivity contribution is -0.122. The van der Waals surface area contributed by atoms with Gasteiger partial charge < -0.3 is 14.7 Å². The standard InChI is InChI=1S/C23H27N5O2/c1-13-10-18(13)22(29)24-11-16-6-8-17(9-7-16)20-19(12-25-23(26-20)28(4)5)21-14(2)15(3)27-30-21/h6-9,12-13,18H,10-11H2,1-5H3,(H,24,29)/t13-,18+/m1/s1. The normalized spacial score (nSPS) is 17.6. The van der Waals surface area contributed by atoms with E-state index in [4.69, 9.17) is 9.51 Å². The van der Waals surface area contributed by atoms with Crippen LogP contribution in [0.25, 0.3) is 22.6 Å². The average molecular weight is 406 g/mol. The highest BCUT2D eigenvalue weighted by atomic mass is 16.5. The van der Waals surface area contributed by atoms with Crippen LogP contribution in [0.2, 0.25) is 0 Å². The summed E-state index contributed by atoms with van der Waals surface area (Å²) in [6.07, 6.45) is 2.78. The van der Waals surface area contributed by atoms with Gasteiger partial charge in [-0.15, -0.1) is 0 Å². The van der Waals surface area contributed by atoms with E-state index in [1.54, 1.807) is 6.20 Å². The van der Waals surface area contributed by atoms with Gasteiger partial charge in [0.25, 0.3) is 0 Å².